The van der Waals surface area contributed by atoms with Crippen molar-refractivity contribution in [1.82, 2.24) is 4.98 Å². The Balaban J connectivity index is 2.65. The summed E-state index contributed by atoms with van der Waals surface area (Å²) in [6.07, 6.45) is 2.76. The van der Waals surface area contributed by atoms with Gasteiger partial charge in [0.1, 0.15) is 5.75 Å². The van der Waals surface area contributed by atoms with Crippen molar-refractivity contribution < 1.29 is 15.0 Å². The van der Waals surface area contributed by atoms with E-state index >= 15 is 0 Å². The molecule has 0 saturated heterocycles. The molecule has 0 atom stereocenters. The predicted octanol–water partition coefficient (Wildman–Crippen LogP) is 2.15. The second kappa shape index (κ2) is 4.02. The fourth-order valence-electron chi connectivity index (χ4n) is 1.50. The van der Waals surface area contributed by atoms with Gasteiger partial charge in [0.15, 0.2) is 0 Å². The molecule has 1 aromatic heterocycles. The minimum atomic E-state index is -1.06. The number of aromatic hydroxyl groups is 1. The Kier molecular flexibility index (Phi) is 2.55. The smallest absolute Gasteiger partial charge is 0.337 e. The summed E-state index contributed by atoms with van der Waals surface area (Å²) in [4.78, 5) is 14.7. The summed E-state index contributed by atoms with van der Waals surface area (Å²) >= 11 is 0. The molecule has 2 rings (SSSR count). The number of aromatic nitrogens is 1. The summed E-state index contributed by atoms with van der Waals surface area (Å²) < 4.78 is 0. The first kappa shape index (κ1) is 10.2. The lowest BCUT2D eigenvalue weighted by Gasteiger charge is -2.06. The van der Waals surface area contributed by atoms with Gasteiger partial charge in [0.25, 0.3) is 0 Å². The standard InChI is InChI=1S/C12H9NO3/c14-11-4-2-1-3-9(11)8-5-6-13-7-10(8)12(15)16/h1-7,14H,(H,15,16). The minimum Gasteiger partial charge on any atom is -0.507 e. The lowest BCUT2D eigenvalue weighted by atomic mass is 10.0. The highest BCUT2D eigenvalue weighted by Gasteiger charge is 2.13. The van der Waals surface area contributed by atoms with Crippen molar-refractivity contribution in [3.8, 4) is 16.9 Å². The molecule has 0 aliphatic heterocycles. The molecular weight excluding hydrogens is 206 g/mol. The van der Waals surface area contributed by atoms with Crippen LogP contribution in [0.4, 0.5) is 0 Å². The Labute approximate surface area is 91.8 Å². The third-order valence-corrected chi connectivity index (χ3v) is 2.25. The van der Waals surface area contributed by atoms with Crippen molar-refractivity contribution in [2.45, 2.75) is 0 Å². The first-order chi connectivity index (χ1) is 7.70. The maximum Gasteiger partial charge on any atom is 0.337 e. The van der Waals surface area contributed by atoms with E-state index in [1.54, 1.807) is 24.3 Å². The summed E-state index contributed by atoms with van der Waals surface area (Å²) in [5.41, 5.74) is 1.02. The van der Waals surface area contributed by atoms with Gasteiger partial charge in [-0.05, 0) is 12.1 Å². The van der Waals surface area contributed by atoms with Gasteiger partial charge in [-0.1, -0.05) is 18.2 Å². The first-order valence-corrected chi connectivity index (χ1v) is 4.66. The third kappa shape index (κ3) is 1.72. The molecule has 0 unspecified atom stereocenters. The monoisotopic (exact) mass is 215 g/mol. The van der Waals surface area contributed by atoms with Crippen LogP contribution in [-0.2, 0) is 0 Å². The van der Waals surface area contributed by atoms with Gasteiger partial charge in [0, 0.05) is 23.5 Å². The minimum absolute atomic E-state index is 0.0520. The number of carbonyl (C=O) groups is 1. The number of para-hydroxylation sites is 1. The quantitative estimate of drug-likeness (QED) is 0.805. The van der Waals surface area contributed by atoms with Crippen molar-refractivity contribution in [2.75, 3.05) is 0 Å². The van der Waals surface area contributed by atoms with E-state index in [4.69, 9.17) is 5.11 Å². The lowest BCUT2D eigenvalue weighted by molar-refractivity contribution is 0.0697. The van der Waals surface area contributed by atoms with E-state index in [1.807, 2.05) is 0 Å². The first-order valence-electron chi connectivity index (χ1n) is 4.66. The number of phenols is 1. The highest BCUT2D eigenvalue weighted by atomic mass is 16.4. The van der Waals surface area contributed by atoms with Crippen LogP contribution in [-0.4, -0.2) is 21.2 Å². The Morgan fingerprint density at radius 2 is 1.88 bits per heavy atom. The maximum absolute atomic E-state index is 11.0. The highest BCUT2D eigenvalue weighted by molar-refractivity contribution is 5.96. The van der Waals surface area contributed by atoms with Crippen molar-refractivity contribution in [3.05, 3.63) is 48.3 Å². The molecule has 1 aromatic carbocycles. The SMILES string of the molecule is O=C(O)c1cnccc1-c1ccccc1O. The summed E-state index contributed by atoms with van der Waals surface area (Å²) in [5, 5.41) is 18.7. The van der Waals surface area contributed by atoms with Crippen LogP contribution >= 0.6 is 0 Å². The van der Waals surface area contributed by atoms with Crippen LogP contribution in [0.5, 0.6) is 5.75 Å². The Morgan fingerprint density at radius 1 is 1.12 bits per heavy atom. The second-order valence-corrected chi connectivity index (χ2v) is 3.24. The summed E-state index contributed by atoms with van der Waals surface area (Å²) in [6.45, 7) is 0. The molecule has 0 radical (unpaired) electrons. The molecule has 16 heavy (non-hydrogen) atoms. The third-order valence-electron chi connectivity index (χ3n) is 2.25. The molecular formula is C12H9NO3. The van der Waals surface area contributed by atoms with E-state index in [0.717, 1.165) is 0 Å². The molecule has 0 aliphatic rings. The zero-order chi connectivity index (χ0) is 11.5. The van der Waals surface area contributed by atoms with Gasteiger partial charge in [-0.25, -0.2) is 4.79 Å². The molecule has 2 N–H and O–H groups in total. The number of pyridine rings is 1. The van der Waals surface area contributed by atoms with E-state index in [2.05, 4.69) is 4.98 Å². The molecule has 0 fully saturated rings. The van der Waals surface area contributed by atoms with Crippen LogP contribution < -0.4 is 0 Å². The number of carboxylic acids is 1. The van der Waals surface area contributed by atoms with E-state index in [-0.39, 0.29) is 11.3 Å². The molecule has 0 bridgehead atoms. The van der Waals surface area contributed by atoms with Crippen LogP contribution in [0, 0.1) is 0 Å². The van der Waals surface area contributed by atoms with Crippen molar-refractivity contribution in [3.63, 3.8) is 0 Å². The normalized spacial score (nSPS) is 10.0. The van der Waals surface area contributed by atoms with Gasteiger partial charge >= 0.3 is 5.97 Å². The van der Waals surface area contributed by atoms with Crippen LogP contribution in [0.2, 0.25) is 0 Å². The van der Waals surface area contributed by atoms with Crippen molar-refractivity contribution in [2.24, 2.45) is 0 Å². The molecule has 2 aromatic rings. The summed E-state index contributed by atoms with van der Waals surface area (Å²) in [6, 6.07) is 8.17. The van der Waals surface area contributed by atoms with Crippen LogP contribution in [0.3, 0.4) is 0 Å². The number of nitrogens with zero attached hydrogens (tertiary/aromatic N) is 1. The van der Waals surface area contributed by atoms with E-state index in [1.165, 1.54) is 18.5 Å². The predicted molar refractivity (Wildman–Crippen MR) is 58.3 cm³/mol. The lowest BCUT2D eigenvalue weighted by Crippen LogP contribution is -2.00. The number of hydrogen-bond acceptors (Lipinski definition) is 3. The molecule has 1 heterocycles. The Bertz CT molecular complexity index is 537. The van der Waals surface area contributed by atoms with Crippen LogP contribution in [0.25, 0.3) is 11.1 Å². The van der Waals surface area contributed by atoms with Gasteiger partial charge in [-0.3, -0.25) is 4.98 Å². The van der Waals surface area contributed by atoms with Gasteiger partial charge in [0.05, 0.1) is 5.56 Å². The Morgan fingerprint density at radius 3 is 2.56 bits per heavy atom. The summed E-state index contributed by atoms with van der Waals surface area (Å²) in [5.74, 6) is -1.01. The number of carboxylic acid groups (broad SMARTS) is 1. The van der Waals surface area contributed by atoms with Gasteiger partial charge in [-0.2, -0.15) is 0 Å². The molecule has 80 valence electrons. The van der Waals surface area contributed by atoms with E-state index in [9.17, 15) is 9.90 Å². The highest BCUT2D eigenvalue weighted by Crippen LogP contribution is 2.30. The Hall–Kier alpha value is -2.36. The van der Waals surface area contributed by atoms with Gasteiger partial charge in [-0.15, -0.1) is 0 Å². The molecule has 0 amide bonds. The average Bonchev–Trinajstić information content (AvgIpc) is 2.29. The van der Waals surface area contributed by atoms with Crippen molar-refractivity contribution >= 4 is 5.97 Å². The number of hydrogen-bond donors (Lipinski definition) is 2. The number of benzene rings is 1. The van der Waals surface area contributed by atoms with Gasteiger partial charge < -0.3 is 10.2 Å². The summed E-state index contributed by atoms with van der Waals surface area (Å²) in [7, 11) is 0. The second-order valence-electron chi connectivity index (χ2n) is 3.24. The van der Waals surface area contributed by atoms with E-state index in [0.29, 0.717) is 11.1 Å². The molecule has 0 spiro atoms. The molecule has 0 saturated carbocycles. The fraction of sp³-hybridized carbons (Fsp3) is 0. The topological polar surface area (TPSA) is 70.4 Å². The zero-order valence-corrected chi connectivity index (χ0v) is 8.29. The molecule has 4 heteroatoms. The van der Waals surface area contributed by atoms with Crippen LogP contribution in [0.1, 0.15) is 10.4 Å². The maximum atomic E-state index is 11.0. The number of rotatable bonds is 2. The molecule has 4 nitrogen and oxygen atoms in total. The number of aromatic carboxylic acids is 1. The zero-order valence-electron chi connectivity index (χ0n) is 8.29. The van der Waals surface area contributed by atoms with E-state index < -0.39 is 5.97 Å². The van der Waals surface area contributed by atoms with Gasteiger partial charge in [0.2, 0.25) is 0 Å². The largest absolute Gasteiger partial charge is 0.507 e. The average molecular weight is 215 g/mol. The fourth-order valence-corrected chi connectivity index (χ4v) is 1.50. The molecule has 0 aliphatic carbocycles. The van der Waals surface area contributed by atoms with Crippen LogP contribution in [0.15, 0.2) is 42.7 Å². The van der Waals surface area contributed by atoms with Crippen molar-refractivity contribution in [1.29, 1.82) is 0 Å². The number of phenolic OH excluding ortho intramolecular Hbond substituents is 1.